The van der Waals surface area contributed by atoms with Gasteiger partial charge in [0, 0.05) is 0 Å². The predicted molar refractivity (Wildman–Crippen MR) is 57.9 cm³/mol. The van der Waals surface area contributed by atoms with Gasteiger partial charge in [-0.25, -0.2) is 0 Å². The molecule has 0 saturated carbocycles. The minimum atomic E-state index is -0.423. The highest BCUT2D eigenvalue weighted by atomic mass is 16.5. The maximum absolute atomic E-state index is 11.0. The van der Waals surface area contributed by atoms with Crippen molar-refractivity contribution >= 4 is 5.97 Å². The highest BCUT2D eigenvalue weighted by Crippen LogP contribution is 2.11. The molecule has 0 radical (unpaired) electrons. The fourth-order valence-electron chi connectivity index (χ4n) is 1.07. The highest BCUT2D eigenvalue weighted by molar-refractivity contribution is 5.69. The zero-order valence-electron chi connectivity index (χ0n) is 9.10. The van der Waals surface area contributed by atoms with Gasteiger partial charge in [-0.15, -0.1) is 0 Å². The van der Waals surface area contributed by atoms with Gasteiger partial charge in [0.25, 0.3) is 0 Å². The number of nitrogens with zero attached hydrogens (tertiary/aromatic N) is 1. The summed E-state index contributed by atoms with van der Waals surface area (Å²) in [6.07, 6.45) is 0.148. The van der Waals surface area contributed by atoms with Crippen LogP contribution < -0.4 is 4.74 Å². The van der Waals surface area contributed by atoms with Crippen molar-refractivity contribution in [3.8, 4) is 11.8 Å². The van der Waals surface area contributed by atoms with Gasteiger partial charge in [-0.05, 0) is 19.1 Å². The topological polar surface area (TPSA) is 59.3 Å². The van der Waals surface area contributed by atoms with E-state index in [9.17, 15) is 4.79 Å². The van der Waals surface area contributed by atoms with Crippen LogP contribution in [0.2, 0.25) is 0 Å². The third kappa shape index (κ3) is 4.47. The molecule has 0 saturated heterocycles. The molecule has 0 fully saturated rings. The number of esters is 1. The van der Waals surface area contributed by atoms with E-state index < -0.39 is 5.97 Å². The lowest BCUT2D eigenvalue weighted by molar-refractivity contribution is -0.142. The predicted octanol–water partition coefficient (Wildman–Crippen LogP) is 1.83. The van der Waals surface area contributed by atoms with E-state index >= 15 is 0 Å². The molecule has 1 rings (SSSR count). The van der Waals surface area contributed by atoms with Crippen molar-refractivity contribution < 1.29 is 14.3 Å². The van der Waals surface area contributed by atoms with Crippen LogP contribution >= 0.6 is 0 Å². The number of rotatable bonds is 5. The Kier molecular flexibility index (Phi) is 4.87. The minimum Gasteiger partial charge on any atom is -0.493 e. The lowest BCUT2D eigenvalue weighted by Crippen LogP contribution is -2.09. The summed E-state index contributed by atoms with van der Waals surface area (Å²) in [5.41, 5.74) is 1.15. The number of ether oxygens (including phenoxy) is 2. The summed E-state index contributed by atoms with van der Waals surface area (Å²) < 4.78 is 9.90. The molecule has 0 heterocycles. The molecular weight excluding hydrogens is 206 g/mol. The number of carbonyl (C=O) groups is 1. The number of nitriles is 1. The van der Waals surface area contributed by atoms with E-state index in [0.717, 1.165) is 11.3 Å². The zero-order chi connectivity index (χ0) is 11.8. The van der Waals surface area contributed by atoms with Crippen LogP contribution in [0.1, 0.15) is 12.0 Å². The molecule has 1 aromatic carbocycles. The molecule has 84 valence electrons. The molecule has 0 aliphatic heterocycles. The molecule has 0 bridgehead atoms. The monoisotopic (exact) mass is 219 g/mol. The van der Waals surface area contributed by atoms with Crippen molar-refractivity contribution in [1.29, 1.82) is 5.26 Å². The van der Waals surface area contributed by atoms with Crippen LogP contribution in [0.5, 0.6) is 5.75 Å². The molecule has 0 atom stereocenters. The second kappa shape index (κ2) is 6.46. The number of carbonyl (C=O) groups excluding carboxylic acids is 1. The summed E-state index contributed by atoms with van der Waals surface area (Å²) in [6.45, 7) is 2.04. The third-order valence-corrected chi connectivity index (χ3v) is 1.89. The van der Waals surface area contributed by atoms with E-state index in [-0.39, 0.29) is 19.6 Å². The van der Waals surface area contributed by atoms with Crippen molar-refractivity contribution in [1.82, 2.24) is 0 Å². The minimum absolute atomic E-state index is 0.148. The van der Waals surface area contributed by atoms with Gasteiger partial charge < -0.3 is 9.47 Å². The number of hydrogen-bond donors (Lipinski definition) is 0. The zero-order valence-corrected chi connectivity index (χ0v) is 9.10. The summed E-state index contributed by atoms with van der Waals surface area (Å²) in [5.74, 6) is 0.298. The molecule has 4 heteroatoms. The first kappa shape index (κ1) is 12.1. The fourth-order valence-corrected chi connectivity index (χ4v) is 1.07. The summed E-state index contributed by atoms with van der Waals surface area (Å²) in [6, 6.07) is 9.28. The standard InChI is InChI=1S/C12H13NO3/c1-10-2-4-11(5-3-10)15-8-6-12(14)16-9-7-13/h2-5H,6,8-9H2,1H3. The second-order valence-corrected chi connectivity index (χ2v) is 3.23. The second-order valence-electron chi connectivity index (χ2n) is 3.23. The normalized spacial score (nSPS) is 9.25. The quantitative estimate of drug-likeness (QED) is 0.709. The van der Waals surface area contributed by atoms with Gasteiger partial charge in [0.2, 0.25) is 0 Å². The van der Waals surface area contributed by atoms with Gasteiger partial charge in [0.15, 0.2) is 6.61 Å². The first-order chi connectivity index (χ1) is 7.72. The van der Waals surface area contributed by atoms with Crippen LogP contribution in [0.4, 0.5) is 0 Å². The molecule has 0 aliphatic rings. The number of benzene rings is 1. The van der Waals surface area contributed by atoms with Crippen molar-refractivity contribution in [3.05, 3.63) is 29.8 Å². The van der Waals surface area contributed by atoms with E-state index in [0.29, 0.717) is 0 Å². The van der Waals surface area contributed by atoms with Crippen LogP contribution in [0.15, 0.2) is 24.3 Å². The van der Waals surface area contributed by atoms with Gasteiger partial charge in [0.05, 0.1) is 13.0 Å². The van der Waals surface area contributed by atoms with Crippen LogP contribution in [-0.4, -0.2) is 19.2 Å². The molecule has 16 heavy (non-hydrogen) atoms. The number of hydrogen-bond acceptors (Lipinski definition) is 4. The summed E-state index contributed by atoms with van der Waals surface area (Å²) in [4.78, 5) is 11.0. The fraction of sp³-hybridized carbons (Fsp3) is 0.333. The summed E-state index contributed by atoms with van der Waals surface area (Å²) >= 11 is 0. The van der Waals surface area contributed by atoms with Crippen LogP contribution in [0.25, 0.3) is 0 Å². The molecule has 0 aliphatic carbocycles. The van der Waals surface area contributed by atoms with Crippen LogP contribution in [0, 0.1) is 18.3 Å². The molecule has 4 nitrogen and oxygen atoms in total. The van der Waals surface area contributed by atoms with Gasteiger partial charge >= 0.3 is 5.97 Å². The Labute approximate surface area is 94.4 Å². The first-order valence-electron chi connectivity index (χ1n) is 4.94. The Bertz CT molecular complexity index is 378. The SMILES string of the molecule is Cc1ccc(OCCC(=O)OCC#N)cc1. The molecule has 1 aromatic rings. The average molecular weight is 219 g/mol. The van der Waals surface area contributed by atoms with Gasteiger partial charge in [-0.2, -0.15) is 5.26 Å². The largest absolute Gasteiger partial charge is 0.493 e. The van der Waals surface area contributed by atoms with E-state index in [1.165, 1.54) is 0 Å². The van der Waals surface area contributed by atoms with Crippen molar-refractivity contribution in [3.63, 3.8) is 0 Å². The summed E-state index contributed by atoms with van der Waals surface area (Å²) in [5, 5.41) is 8.19. The Hall–Kier alpha value is -2.02. The van der Waals surface area contributed by atoms with Crippen molar-refractivity contribution in [2.75, 3.05) is 13.2 Å². The molecular formula is C12H13NO3. The van der Waals surface area contributed by atoms with E-state index in [1.54, 1.807) is 6.07 Å². The Balaban J connectivity index is 2.23. The maximum atomic E-state index is 11.0. The molecule has 0 unspecified atom stereocenters. The van der Waals surface area contributed by atoms with Gasteiger partial charge in [-0.1, -0.05) is 17.7 Å². The Morgan fingerprint density at radius 1 is 1.38 bits per heavy atom. The molecule has 0 N–H and O–H groups in total. The highest BCUT2D eigenvalue weighted by Gasteiger charge is 2.02. The Morgan fingerprint density at radius 3 is 2.69 bits per heavy atom. The van der Waals surface area contributed by atoms with Crippen molar-refractivity contribution in [2.24, 2.45) is 0 Å². The maximum Gasteiger partial charge on any atom is 0.310 e. The van der Waals surface area contributed by atoms with E-state index in [4.69, 9.17) is 10.00 Å². The van der Waals surface area contributed by atoms with Gasteiger partial charge in [-0.3, -0.25) is 4.79 Å². The smallest absolute Gasteiger partial charge is 0.310 e. The average Bonchev–Trinajstić information content (AvgIpc) is 2.29. The van der Waals surface area contributed by atoms with E-state index in [2.05, 4.69) is 4.74 Å². The van der Waals surface area contributed by atoms with E-state index in [1.807, 2.05) is 31.2 Å². The lowest BCUT2D eigenvalue weighted by atomic mass is 10.2. The molecule has 0 aromatic heterocycles. The van der Waals surface area contributed by atoms with Crippen LogP contribution in [-0.2, 0) is 9.53 Å². The summed E-state index contributed by atoms with van der Waals surface area (Å²) in [7, 11) is 0. The van der Waals surface area contributed by atoms with Crippen molar-refractivity contribution in [2.45, 2.75) is 13.3 Å². The van der Waals surface area contributed by atoms with Crippen LogP contribution in [0.3, 0.4) is 0 Å². The number of aryl methyl sites for hydroxylation is 1. The Morgan fingerprint density at radius 2 is 2.06 bits per heavy atom. The lowest BCUT2D eigenvalue weighted by Gasteiger charge is -2.05. The first-order valence-corrected chi connectivity index (χ1v) is 4.94. The molecule has 0 spiro atoms. The molecule has 0 amide bonds. The third-order valence-electron chi connectivity index (χ3n) is 1.89. The van der Waals surface area contributed by atoms with Gasteiger partial charge in [0.1, 0.15) is 11.8 Å².